The summed E-state index contributed by atoms with van der Waals surface area (Å²) in [6.07, 6.45) is 2.71. The molecule has 0 aliphatic carbocycles. The van der Waals surface area contributed by atoms with Crippen LogP contribution in [0.4, 0.5) is 0 Å². The standard InChI is InChI=1S/C21H25BrN2O4S/c1-15(16-7-6-8-18(22)13-16)23-21(25)17-9-10-19(28-2)20(14-17)29(26,27)24-11-4-3-5-12-24/h6-10,13-15H,3-5,11-12H2,1-2H3,(H,23,25)/t15-/m0/s1. The van der Waals surface area contributed by atoms with Crippen LogP contribution in [0.5, 0.6) is 5.75 Å². The average molecular weight is 481 g/mol. The van der Waals surface area contributed by atoms with Crippen molar-refractivity contribution in [3.63, 3.8) is 0 Å². The van der Waals surface area contributed by atoms with Gasteiger partial charge in [-0.15, -0.1) is 0 Å². The van der Waals surface area contributed by atoms with Crippen LogP contribution in [0.15, 0.2) is 51.8 Å². The van der Waals surface area contributed by atoms with E-state index in [1.807, 2.05) is 31.2 Å². The van der Waals surface area contributed by atoms with E-state index in [0.717, 1.165) is 29.3 Å². The fraction of sp³-hybridized carbons (Fsp3) is 0.381. The fourth-order valence-corrected chi connectivity index (χ4v) is 5.52. The molecule has 1 amide bonds. The van der Waals surface area contributed by atoms with Gasteiger partial charge in [-0.3, -0.25) is 4.79 Å². The quantitative estimate of drug-likeness (QED) is 0.674. The maximum atomic E-state index is 13.1. The van der Waals surface area contributed by atoms with E-state index in [9.17, 15) is 13.2 Å². The Bertz CT molecular complexity index is 988. The number of ether oxygens (including phenoxy) is 1. The summed E-state index contributed by atoms with van der Waals surface area (Å²) in [5.41, 5.74) is 1.23. The second kappa shape index (κ2) is 9.28. The number of rotatable bonds is 6. The number of nitrogens with one attached hydrogen (secondary N) is 1. The highest BCUT2D eigenvalue weighted by atomic mass is 79.9. The highest BCUT2D eigenvalue weighted by Gasteiger charge is 2.29. The Kier molecular flexibility index (Phi) is 6.97. The Morgan fingerprint density at radius 3 is 2.52 bits per heavy atom. The molecule has 0 spiro atoms. The highest BCUT2D eigenvalue weighted by Crippen LogP contribution is 2.30. The lowest BCUT2D eigenvalue weighted by molar-refractivity contribution is 0.0939. The molecule has 2 aromatic rings. The Balaban J connectivity index is 1.86. The van der Waals surface area contributed by atoms with Gasteiger partial charge < -0.3 is 10.1 Å². The number of carbonyl (C=O) groups excluding carboxylic acids is 1. The van der Waals surface area contributed by atoms with Crippen molar-refractivity contribution < 1.29 is 17.9 Å². The molecule has 0 saturated carbocycles. The predicted molar refractivity (Wildman–Crippen MR) is 116 cm³/mol. The number of sulfonamides is 1. The van der Waals surface area contributed by atoms with Crippen molar-refractivity contribution in [2.45, 2.75) is 37.1 Å². The smallest absolute Gasteiger partial charge is 0.251 e. The second-order valence-corrected chi connectivity index (χ2v) is 9.90. The van der Waals surface area contributed by atoms with Gasteiger partial charge in [-0.1, -0.05) is 34.5 Å². The molecular weight excluding hydrogens is 456 g/mol. The zero-order chi connectivity index (χ0) is 21.0. The first kappa shape index (κ1) is 21.8. The van der Waals surface area contributed by atoms with Gasteiger partial charge in [0.1, 0.15) is 10.6 Å². The van der Waals surface area contributed by atoms with Crippen LogP contribution in [-0.2, 0) is 10.0 Å². The van der Waals surface area contributed by atoms with Gasteiger partial charge in [-0.05, 0) is 55.7 Å². The first-order valence-electron chi connectivity index (χ1n) is 9.57. The number of methoxy groups -OCH3 is 1. The summed E-state index contributed by atoms with van der Waals surface area (Å²) in [6, 6.07) is 12.0. The first-order valence-corrected chi connectivity index (χ1v) is 11.8. The van der Waals surface area contributed by atoms with Crippen molar-refractivity contribution in [1.82, 2.24) is 9.62 Å². The summed E-state index contributed by atoms with van der Waals surface area (Å²) in [4.78, 5) is 12.8. The molecule has 1 aliphatic rings. The molecule has 0 bridgehead atoms. The van der Waals surface area contributed by atoms with Gasteiger partial charge in [-0.25, -0.2) is 8.42 Å². The van der Waals surface area contributed by atoms with Gasteiger partial charge in [0.15, 0.2) is 0 Å². The zero-order valence-corrected chi connectivity index (χ0v) is 18.9. The van der Waals surface area contributed by atoms with Crippen LogP contribution in [0, 0.1) is 0 Å². The van der Waals surface area contributed by atoms with Gasteiger partial charge in [0, 0.05) is 23.1 Å². The topological polar surface area (TPSA) is 75.7 Å². The number of hydrogen-bond donors (Lipinski definition) is 1. The van der Waals surface area contributed by atoms with E-state index in [-0.39, 0.29) is 28.2 Å². The van der Waals surface area contributed by atoms with E-state index >= 15 is 0 Å². The van der Waals surface area contributed by atoms with Crippen LogP contribution in [0.1, 0.15) is 48.1 Å². The number of hydrogen-bond acceptors (Lipinski definition) is 4. The summed E-state index contributed by atoms with van der Waals surface area (Å²) in [7, 11) is -2.29. The molecule has 156 valence electrons. The van der Waals surface area contributed by atoms with Crippen molar-refractivity contribution >= 4 is 31.9 Å². The first-order chi connectivity index (χ1) is 13.8. The van der Waals surface area contributed by atoms with Crippen LogP contribution in [0.25, 0.3) is 0 Å². The Labute approximate surface area is 180 Å². The van der Waals surface area contributed by atoms with Crippen LogP contribution in [-0.4, -0.2) is 38.8 Å². The summed E-state index contributed by atoms with van der Waals surface area (Å²) >= 11 is 3.43. The third-order valence-electron chi connectivity index (χ3n) is 5.05. The summed E-state index contributed by atoms with van der Waals surface area (Å²) in [5.74, 6) is -0.0950. The van der Waals surface area contributed by atoms with E-state index in [4.69, 9.17) is 4.74 Å². The molecule has 3 rings (SSSR count). The molecule has 1 saturated heterocycles. The third kappa shape index (κ3) is 4.99. The van der Waals surface area contributed by atoms with Crippen molar-refractivity contribution in [3.05, 3.63) is 58.1 Å². The monoisotopic (exact) mass is 480 g/mol. The molecule has 2 aromatic carbocycles. The van der Waals surface area contributed by atoms with Crippen LogP contribution < -0.4 is 10.1 Å². The van der Waals surface area contributed by atoms with Gasteiger partial charge >= 0.3 is 0 Å². The van der Waals surface area contributed by atoms with E-state index in [2.05, 4.69) is 21.2 Å². The maximum absolute atomic E-state index is 13.1. The lowest BCUT2D eigenvalue weighted by atomic mass is 10.1. The Morgan fingerprint density at radius 2 is 1.86 bits per heavy atom. The molecule has 1 fully saturated rings. The Hall–Kier alpha value is -1.90. The van der Waals surface area contributed by atoms with Crippen molar-refractivity contribution in [1.29, 1.82) is 0 Å². The molecule has 8 heteroatoms. The minimum atomic E-state index is -3.72. The molecule has 6 nitrogen and oxygen atoms in total. The SMILES string of the molecule is COc1ccc(C(=O)N[C@@H](C)c2cccc(Br)c2)cc1S(=O)(=O)N1CCCCC1. The minimum Gasteiger partial charge on any atom is -0.495 e. The molecule has 0 aromatic heterocycles. The lowest BCUT2D eigenvalue weighted by Gasteiger charge is -2.26. The molecule has 0 radical (unpaired) electrons. The minimum absolute atomic E-state index is 0.0321. The van der Waals surface area contributed by atoms with Crippen LogP contribution >= 0.6 is 15.9 Å². The predicted octanol–water partition coefficient (Wildman–Crippen LogP) is 4.12. The lowest BCUT2D eigenvalue weighted by Crippen LogP contribution is -2.36. The molecular formula is C21H25BrN2O4S. The van der Waals surface area contributed by atoms with Gasteiger partial charge in [0.2, 0.25) is 10.0 Å². The number of benzene rings is 2. The summed E-state index contributed by atoms with van der Waals surface area (Å²) < 4.78 is 33.9. The normalized spacial score (nSPS) is 16.2. The van der Waals surface area contributed by atoms with E-state index in [1.165, 1.54) is 23.5 Å². The molecule has 1 atom stereocenters. The highest BCUT2D eigenvalue weighted by molar-refractivity contribution is 9.10. The average Bonchev–Trinajstić information content (AvgIpc) is 2.73. The van der Waals surface area contributed by atoms with Gasteiger partial charge in [-0.2, -0.15) is 4.31 Å². The number of carbonyl (C=O) groups is 1. The Morgan fingerprint density at radius 1 is 1.14 bits per heavy atom. The number of amides is 1. The molecule has 1 aliphatic heterocycles. The molecule has 0 unspecified atom stereocenters. The van der Waals surface area contributed by atoms with Crippen molar-refractivity contribution in [2.24, 2.45) is 0 Å². The fourth-order valence-electron chi connectivity index (χ4n) is 3.40. The largest absolute Gasteiger partial charge is 0.495 e. The van der Waals surface area contributed by atoms with Gasteiger partial charge in [0.25, 0.3) is 5.91 Å². The van der Waals surface area contributed by atoms with E-state index in [0.29, 0.717) is 13.1 Å². The summed E-state index contributed by atoms with van der Waals surface area (Å²) in [6.45, 7) is 2.86. The van der Waals surface area contributed by atoms with Crippen molar-refractivity contribution in [2.75, 3.05) is 20.2 Å². The molecule has 1 heterocycles. The summed E-state index contributed by atoms with van der Waals surface area (Å²) in [5, 5.41) is 2.93. The van der Waals surface area contributed by atoms with Gasteiger partial charge in [0.05, 0.1) is 13.2 Å². The molecule has 29 heavy (non-hydrogen) atoms. The van der Waals surface area contributed by atoms with Crippen LogP contribution in [0.3, 0.4) is 0 Å². The third-order valence-corrected chi connectivity index (χ3v) is 7.47. The van der Waals surface area contributed by atoms with Crippen molar-refractivity contribution in [3.8, 4) is 5.75 Å². The maximum Gasteiger partial charge on any atom is 0.251 e. The number of nitrogens with zero attached hydrogens (tertiary/aromatic N) is 1. The molecule has 1 N–H and O–H groups in total. The van der Waals surface area contributed by atoms with E-state index < -0.39 is 10.0 Å². The van der Waals surface area contributed by atoms with Crippen LogP contribution in [0.2, 0.25) is 0 Å². The number of halogens is 1. The van der Waals surface area contributed by atoms with E-state index in [1.54, 1.807) is 6.07 Å². The zero-order valence-electron chi connectivity index (χ0n) is 16.5. The number of piperidine rings is 1. The second-order valence-electron chi connectivity index (χ2n) is 7.08.